The normalized spacial score (nSPS) is 15.4. The highest BCUT2D eigenvalue weighted by Gasteiger charge is 2.27. The molecule has 1 fully saturated rings. The summed E-state index contributed by atoms with van der Waals surface area (Å²) in [6, 6.07) is 0. The average molecular weight is 554 g/mol. The number of likely N-dealkylation sites (tertiary alicyclic amines) is 1. The van der Waals surface area contributed by atoms with Gasteiger partial charge in [-0.3, -0.25) is 4.79 Å². The Hall–Kier alpha value is -1.26. The van der Waals surface area contributed by atoms with Gasteiger partial charge in [-0.1, -0.05) is 13.8 Å². The molecule has 1 heterocycles. The summed E-state index contributed by atoms with van der Waals surface area (Å²) in [7, 11) is 3.49. The largest absolute Gasteiger partial charge is 0.444 e. The zero-order valence-electron chi connectivity index (χ0n) is 20.7. The smallest absolute Gasteiger partial charge is 0.410 e. The van der Waals surface area contributed by atoms with Crippen LogP contribution in [0.3, 0.4) is 0 Å². The standard InChI is InChI=1S/C22H43N5O3.HI/c1-9-26(21(29)30-22(4,5)6)16-18-10-12-27(13-11-18)20(23-14-17(2)3)24-15-19(28)25(7)8;/h17-18H,9-16H2,1-8H3,(H,23,24);1H. The van der Waals surface area contributed by atoms with Crippen molar-refractivity contribution in [2.45, 2.75) is 60.0 Å². The third-order valence-electron chi connectivity index (χ3n) is 4.96. The van der Waals surface area contributed by atoms with Crippen molar-refractivity contribution < 1.29 is 14.3 Å². The lowest BCUT2D eigenvalue weighted by Crippen LogP contribution is -2.48. The highest BCUT2D eigenvalue weighted by Crippen LogP contribution is 2.20. The van der Waals surface area contributed by atoms with E-state index in [2.05, 4.69) is 29.1 Å². The number of likely N-dealkylation sites (N-methyl/N-ethyl adjacent to an activating group) is 1. The van der Waals surface area contributed by atoms with Crippen molar-refractivity contribution in [2.24, 2.45) is 16.8 Å². The molecule has 1 N–H and O–H groups in total. The lowest BCUT2D eigenvalue weighted by Gasteiger charge is -2.36. The van der Waals surface area contributed by atoms with E-state index >= 15 is 0 Å². The fourth-order valence-corrected chi connectivity index (χ4v) is 3.15. The molecule has 0 unspecified atom stereocenters. The number of carbonyl (C=O) groups is 2. The van der Waals surface area contributed by atoms with Crippen LogP contribution in [0.4, 0.5) is 4.79 Å². The van der Waals surface area contributed by atoms with Crippen LogP contribution in [0.5, 0.6) is 0 Å². The number of nitrogens with one attached hydrogen (secondary N) is 1. The van der Waals surface area contributed by atoms with Gasteiger partial charge in [0.25, 0.3) is 0 Å². The quantitative estimate of drug-likeness (QED) is 0.298. The van der Waals surface area contributed by atoms with E-state index in [0.717, 1.165) is 38.4 Å². The molecule has 0 bridgehead atoms. The third kappa shape index (κ3) is 11.8. The maximum Gasteiger partial charge on any atom is 0.410 e. The highest BCUT2D eigenvalue weighted by atomic mass is 127. The number of amides is 2. The molecule has 0 aromatic rings. The Morgan fingerprint density at radius 3 is 2.23 bits per heavy atom. The molecule has 0 saturated carbocycles. The minimum Gasteiger partial charge on any atom is -0.444 e. The lowest BCUT2D eigenvalue weighted by atomic mass is 9.96. The molecular weight excluding hydrogens is 509 g/mol. The number of nitrogens with zero attached hydrogens (tertiary/aromatic N) is 4. The van der Waals surface area contributed by atoms with Crippen molar-refractivity contribution in [3.05, 3.63) is 0 Å². The first kappa shape index (κ1) is 29.7. The van der Waals surface area contributed by atoms with E-state index < -0.39 is 5.60 Å². The molecule has 1 saturated heterocycles. The Kier molecular flexibility index (Phi) is 13.4. The molecule has 9 heteroatoms. The monoisotopic (exact) mass is 553 g/mol. The summed E-state index contributed by atoms with van der Waals surface area (Å²) >= 11 is 0. The molecule has 0 aliphatic carbocycles. The minimum absolute atomic E-state index is 0. The van der Waals surface area contributed by atoms with Gasteiger partial charge in [0.1, 0.15) is 12.1 Å². The topological polar surface area (TPSA) is 77.5 Å². The van der Waals surface area contributed by atoms with E-state index in [1.807, 2.05) is 27.7 Å². The van der Waals surface area contributed by atoms with Gasteiger partial charge in [0.15, 0.2) is 5.96 Å². The fraction of sp³-hybridized carbons (Fsp3) is 0.864. The molecule has 0 aromatic carbocycles. The average Bonchev–Trinajstić information content (AvgIpc) is 2.64. The zero-order valence-corrected chi connectivity index (χ0v) is 23.1. The Morgan fingerprint density at radius 2 is 1.77 bits per heavy atom. The van der Waals surface area contributed by atoms with Crippen LogP contribution in [0.2, 0.25) is 0 Å². The number of halogens is 1. The number of aliphatic imine (C=N–C) groups is 1. The maximum absolute atomic E-state index is 12.4. The second kappa shape index (κ2) is 14.0. The summed E-state index contributed by atoms with van der Waals surface area (Å²) < 4.78 is 5.53. The van der Waals surface area contributed by atoms with Gasteiger partial charge >= 0.3 is 6.09 Å². The van der Waals surface area contributed by atoms with Crippen LogP contribution in [-0.4, -0.2) is 91.6 Å². The number of rotatable bonds is 7. The van der Waals surface area contributed by atoms with Gasteiger partial charge in [-0.15, -0.1) is 24.0 Å². The van der Waals surface area contributed by atoms with E-state index in [-0.39, 0.29) is 42.5 Å². The summed E-state index contributed by atoms with van der Waals surface area (Å²) in [5, 5.41) is 3.41. The first-order valence-electron chi connectivity index (χ1n) is 11.1. The highest BCUT2D eigenvalue weighted by molar-refractivity contribution is 14.0. The van der Waals surface area contributed by atoms with E-state index in [9.17, 15) is 9.59 Å². The molecule has 8 nitrogen and oxygen atoms in total. The number of hydrogen-bond donors (Lipinski definition) is 1. The van der Waals surface area contributed by atoms with Crippen molar-refractivity contribution in [2.75, 3.05) is 53.4 Å². The molecule has 182 valence electrons. The predicted molar refractivity (Wildman–Crippen MR) is 137 cm³/mol. The van der Waals surface area contributed by atoms with Gasteiger partial charge in [-0.25, -0.2) is 9.79 Å². The number of ether oxygens (including phenoxy) is 1. The lowest BCUT2D eigenvalue weighted by molar-refractivity contribution is -0.127. The van der Waals surface area contributed by atoms with Crippen LogP contribution in [0.1, 0.15) is 54.4 Å². The van der Waals surface area contributed by atoms with Crippen LogP contribution in [0, 0.1) is 11.8 Å². The molecule has 1 aliphatic rings. The van der Waals surface area contributed by atoms with Gasteiger partial charge in [0.05, 0.1) is 0 Å². The fourth-order valence-electron chi connectivity index (χ4n) is 3.15. The first-order chi connectivity index (χ1) is 13.9. The summed E-state index contributed by atoms with van der Waals surface area (Å²) in [4.78, 5) is 34.5. The molecule has 0 radical (unpaired) electrons. The van der Waals surface area contributed by atoms with Crippen LogP contribution < -0.4 is 5.32 Å². The molecule has 1 rings (SSSR count). The van der Waals surface area contributed by atoms with Crippen molar-refractivity contribution in [1.82, 2.24) is 20.0 Å². The summed E-state index contributed by atoms with van der Waals surface area (Å²) in [6.07, 6.45) is 1.71. The summed E-state index contributed by atoms with van der Waals surface area (Å²) in [5.74, 6) is 1.72. The van der Waals surface area contributed by atoms with E-state index in [1.165, 1.54) is 0 Å². The second-order valence-corrected chi connectivity index (χ2v) is 9.65. The summed E-state index contributed by atoms with van der Waals surface area (Å²) in [6.45, 7) is 16.0. The van der Waals surface area contributed by atoms with Crippen LogP contribution in [0.25, 0.3) is 0 Å². The molecule has 2 amide bonds. The SMILES string of the molecule is CCN(CC1CCN(C(=NCC(=O)N(C)C)NCC(C)C)CC1)C(=O)OC(C)(C)C.I. The Balaban J connectivity index is 0.00000900. The Labute approximate surface area is 206 Å². The minimum atomic E-state index is -0.481. The molecule has 0 spiro atoms. The molecule has 1 aliphatic heterocycles. The number of guanidine groups is 1. The van der Waals surface area contributed by atoms with Gasteiger partial charge in [0.2, 0.25) is 5.91 Å². The van der Waals surface area contributed by atoms with E-state index in [4.69, 9.17) is 4.74 Å². The van der Waals surface area contributed by atoms with Crippen LogP contribution >= 0.6 is 24.0 Å². The molecular formula is C22H44IN5O3. The van der Waals surface area contributed by atoms with Crippen LogP contribution in [-0.2, 0) is 9.53 Å². The molecule has 0 atom stereocenters. The number of hydrogen-bond acceptors (Lipinski definition) is 4. The van der Waals surface area contributed by atoms with Crippen molar-refractivity contribution in [3.8, 4) is 0 Å². The predicted octanol–water partition coefficient (Wildman–Crippen LogP) is 3.26. The van der Waals surface area contributed by atoms with E-state index in [0.29, 0.717) is 24.9 Å². The van der Waals surface area contributed by atoms with Gasteiger partial charge < -0.3 is 24.8 Å². The third-order valence-corrected chi connectivity index (χ3v) is 4.96. The zero-order chi connectivity index (χ0) is 22.9. The van der Waals surface area contributed by atoms with Crippen molar-refractivity contribution in [1.29, 1.82) is 0 Å². The Morgan fingerprint density at radius 1 is 1.19 bits per heavy atom. The van der Waals surface area contributed by atoms with Crippen LogP contribution in [0.15, 0.2) is 4.99 Å². The van der Waals surface area contributed by atoms with Gasteiger partial charge in [0, 0.05) is 46.8 Å². The number of piperidine rings is 1. The van der Waals surface area contributed by atoms with Gasteiger partial charge in [-0.05, 0) is 52.4 Å². The molecule has 0 aromatic heterocycles. The van der Waals surface area contributed by atoms with Gasteiger partial charge in [-0.2, -0.15) is 0 Å². The molecule has 31 heavy (non-hydrogen) atoms. The maximum atomic E-state index is 12.4. The summed E-state index contributed by atoms with van der Waals surface area (Å²) in [5.41, 5.74) is -0.481. The second-order valence-electron chi connectivity index (χ2n) is 9.65. The number of carbonyl (C=O) groups excluding carboxylic acids is 2. The Bertz CT molecular complexity index is 582. The first-order valence-corrected chi connectivity index (χ1v) is 11.1. The van der Waals surface area contributed by atoms with E-state index in [1.54, 1.807) is 23.9 Å². The van der Waals surface area contributed by atoms with Crippen molar-refractivity contribution >= 4 is 41.9 Å². The van der Waals surface area contributed by atoms with Crippen molar-refractivity contribution in [3.63, 3.8) is 0 Å².